The third-order valence-electron chi connectivity index (χ3n) is 6.15. The van der Waals surface area contributed by atoms with Gasteiger partial charge in [-0.15, -0.1) is 11.3 Å². The topological polar surface area (TPSA) is 74.5 Å². The van der Waals surface area contributed by atoms with E-state index in [1.165, 1.54) is 6.07 Å². The summed E-state index contributed by atoms with van der Waals surface area (Å²) in [6.07, 6.45) is -9.45. The summed E-state index contributed by atoms with van der Waals surface area (Å²) in [6, 6.07) is 3.62. The average molecular weight is 584 g/mol. The molecule has 1 aliphatic rings. The summed E-state index contributed by atoms with van der Waals surface area (Å²) in [6.45, 7) is 3.51. The molecule has 2 aromatic rings. The fourth-order valence-electron chi connectivity index (χ4n) is 3.73. The van der Waals surface area contributed by atoms with Crippen LogP contribution in [0.4, 0.5) is 30.7 Å². The van der Waals surface area contributed by atoms with Crippen LogP contribution in [-0.4, -0.2) is 23.8 Å². The molecule has 0 radical (unpaired) electrons. The highest BCUT2D eigenvalue weighted by molar-refractivity contribution is 7.16. The van der Waals surface area contributed by atoms with Gasteiger partial charge >= 0.3 is 12.4 Å². The molecule has 1 saturated carbocycles. The van der Waals surface area contributed by atoms with Crippen molar-refractivity contribution in [1.29, 1.82) is 5.26 Å². The number of nitrogens with one attached hydrogen (secondary N) is 1. The number of alkyl halides is 6. The molecule has 0 aliphatic heterocycles. The molecule has 0 bridgehead atoms. The van der Waals surface area contributed by atoms with E-state index in [0.29, 0.717) is 25.3 Å². The standard InChI is InChI=1S/C24H21ClF7N3O2S/c1-4-17(18-5-11(2)20(38-18)21(36)34-14-6-12(7-14)10-33)35-37-22(3,24(30,31)32)15-8-13(23(27,28)29)9-16(25)19(15)26/h5,8-9,12,14H,4,6-7H2,1-3H3,(H,34,36)/b35-17+/t12?,14?,22-/m0/s1. The van der Waals surface area contributed by atoms with Crippen molar-refractivity contribution in [2.45, 2.75) is 64.0 Å². The third kappa shape index (κ3) is 5.91. The summed E-state index contributed by atoms with van der Waals surface area (Å²) >= 11 is 6.43. The SMILES string of the molecule is CC/C(=N\O[C@@](C)(c1cc(C(F)(F)F)cc(Cl)c1F)C(F)(F)F)c1cc(C)c(C(=O)NC2CC(C#N)C2)s1. The van der Waals surface area contributed by atoms with E-state index in [9.17, 15) is 35.5 Å². The zero-order chi connectivity index (χ0) is 28.6. The molecule has 1 aromatic heterocycles. The number of nitriles is 1. The van der Waals surface area contributed by atoms with Gasteiger partial charge in [0.2, 0.25) is 0 Å². The maximum atomic E-state index is 14.7. The van der Waals surface area contributed by atoms with Crippen molar-refractivity contribution in [2.75, 3.05) is 0 Å². The first kappa shape index (κ1) is 29.7. The molecule has 0 saturated heterocycles. The highest BCUT2D eigenvalue weighted by atomic mass is 35.5. The predicted molar refractivity (Wildman–Crippen MR) is 126 cm³/mol. The van der Waals surface area contributed by atoms with Crippen molar-refractivity contribution < 1.29 is 40.4 Å². The Kier molecular flexibility index (Phi) is 8.38. The summed E-state index contributed by atoms with van der Waals surface area (Å²) in [5, 5.41) is 14.1. The molecule has 5 nitrogen and oxygen atoms in total. The number of hydrogen-bond donors (Lipinski definition) is 1. The molecule has 1 heterocycles. The molecule has 1 amide bonds. The quantitative estimate of drug-likeness (QED) is 0.208. The molecule has 206 valence electrons. The van der Waals surface area contributed by atoms with Gasteiger partial charge in [0, 0.05) is 11.6 Å². The molecular formula is C24H21ClF7N3O2S. The summed E-state index contributed by atoms with van der Waals surface area (Å²) in [5.74, 6) is -2.28. The number of hydrogen-bond acceptors (Lipinski definition) is 5. The molecule has 1 atom stereocenters. The van der Waals surface area contributed by atoms with Crippen molar-refractivity contribution in [3.8, 4) is 6.07 Å². The lowest BCUT2D eigenvalue weighted by molar-refractivity contribution is -0.279. The lowest BCUT2D eigenvalue weighted by Crippen LogP contribution is -2.43. The number of rotatable bonds is 7. The Hall–Kier alpha value is -2.85. The van der Waals surface area contributed by atoms with Gasteiger partial charge in [0.05, 0.1) is 38.0 Å². The first-order valence-corrected chi connectivity index (χ1v) is 12.4. The van der Waals surface area contributed by atoms with Crippen molar-refractivity contribution in [2.24, 2.45) is 11.1 Å². The fraction of sp³-hybridized carbons (Fsp3) is 0.458. The monoisotopic (exact) mass is 583 g/mol. The Balaban J connectivity index is 1.95. The Morgan fingerprint density at radius 1 is 1.24 bits per heavy atom. The minimum Gasteiger partial charge on any atom is -0.374 e. The van der Waals surface area contributed by atoms with Crippen LogP contribution in [-0.2, 0) is 16.6 Å². The van der Waals surface area contributed by atoms with Crippen LogP contribution < -0.4 is 5.32 Å². The molecule has 1 fully saturated rings. The highest BCUT2D eigenvalue weighted by Gasteiger charge is 2.58. The second-order valence-electron chi connectivity index (χ2n) is 8.92. The van der Waals surface area contributed by atoms with Crippen molar-refractivity contribution >= 4 is 34.6 Å². The van der Waals surface area contributed by atoms with Crippen LogP contribution >= 0.6 is 22.9 Å². The second-order valence-corrected chi connectivity index (χ2v) is 10.4. The molecule has 0 spiro atoms. The van der Waals surface area contributed by atoms with Crippen LogP contribution in [0.5, 0.6) is 0 Å². The number of benzene rings is 1. The van der Waals surface area contributed by atoms with E-state index < -0.39 is 45.8 Å². The van der Waals surface area contributed by atoms with Crippen molar-refractivity contribution in [3.63, 3.8) is 0 Å². The zero-order valence-electron chi connectivity index (χ0n) is 20.2. The summed E-state index contributed by atoms with van der Waals surface area (Å²) < 4.78 is 96.7. The fourth-order valence-corrected chi connectivity index (χ4v) is 5.07. The maximum Gasteiger partial charge on any atom is 0.435 e. The van der Waals surface area contributed by atoms with E-state index in [-0.39, 0.29) is 46.0 Å². The number of nitrogens with zero attached hydrogens (tertiary/aromatic N) is 2. The van der Waals surface area contributed by atoms with Crippen LogP contribution in [0, 0.1) is 30.0 Å². The lowest BCUT2D eigenvalue weighted by atomic mass is 9.81. The number of carbonyl (C=O) groups excluding carboxylic acids is 1. The maximum absolute atomic E-state index is 14.7. The van der Waals surface area contributed by atoms with Crippen LogP contribution in [0.3, 0.4) is 0 Å². The number of oxime groups is 1. The Bertz CT molecular complexity index is 1290. The van der Waals surface area contributed by atoms with Gasteiger partial charge in [-0.05, 0) is 56.9 Å². The molecule has 1 N–H and O–H groups in total. The average Bonchev–Trinajstić information content (AvgIpc) is 3.17. The van der Waals surface area contributed by atoms with Gasteiger partial charge in [-0.2, -0.15) is 31.6 Å². The van der Waals surface area contributed by atoms with Crippen LogP contribution in [0.2, 0.25) is 5.02 Å². The van der Waals surface area contributed by atoms with Crippen LogP contribution in [0.1, 0.15) is 64.3 Å². The van der Waals surface area contributed by atoms with E-state index in [1.54, 1.807) is 13.8 Å². The number of thiophene rings is 1. The van der Waals surface area contributed by atoms with Crippen LogP contribution in [0.15, 0.2) is 23.4 Å². The third-order valence-corrected chi connectivity index (χ3v) is 7.71. The molecule has 0 unspecified atom stereocenters. The van der Waals surface area contributed by atoms with Gasteiger partial charge in [0.15, 0.2) is 0 Å². The van der Waals surface area contributed by atoms with Gasteiger partial charge in [0.1, 0.15) is 5.82 Å². The van der Waals surface area contributed by atoms with E-state index in [1.807, 2.05) is 0 Å². The van der Waals surface area contributed by atoms with E-state index >= 15 is 0 Å². The van der Waals surface area contributed by atoms with Crippen molar-refractivity contribution in [1.82, 2.24) is 5.32 Å². The van der Waals surface area contributed by atoms with Gasteiger partial charge in [-0.3, -0.25) is 4.79 Å². The molecule has 1 aromatic carbocycles. The van der Waals surface area contributed by atoms with Gasteiger partial charge in [-0.1, -0.05) is 23.7 Å². The number of halogens is 8. The smallest absolute Gasteiger partial charge is 0.374 e. The number of amides is 1. The lowest BCUT2D eigenvalue weighted by Gasteiger charge is -2.31. The first-order chi connectivity index (χ1) is 17.5. The molecule has 38 heavy (non-hydrogen) atoms. The summed E-state index contributed by atoms with van der Waals surface area (Å²) in [4.78, 5) is 18.0. The van der Waals surface area contributed by atoms with Crippen LogP contribution in [0.25, 0.3) is 0 Å². The molecule has 14 heteroatoms. The van der Waals surface area contributed by atoms with Crippen molar-refractivity contribution in [3.05, 3.63) is 55.5 Å². The summed E-state index contributed by atoms with van der Waals surface area (Å²) in [7, 11) is 0. The van der Waals surface area contributed by atoms with Gasteiger partial charge < -0.3 is 10.2 Å². The summed E-state index contributed by atoms with van der Waals surface area (Å²) in [5.41, 5.74) is -6.23. The van der Waals surface area contributed by atoms with Gasteiger partial charge in [0.25, 0.3) is 11.5 Å². The molecule has 3 rings (SSSR count). The number of aryl methyl sites for hydroxylation is 1. The van der Waals surface area contributed by atoms with E-state index in [0.717, 1.165) is 11.3 Å². The van der Waals surface area contributed by atoms with E-state index in [4.69, 9.17) is 21.7 Å². The Labute approximate surface area is 222 Å². The minimum absolute atomic E-state index is 0.00904. The van der Waals surface area contributed by atoms with Gasteiger partial charge in [-0.25, -0.2) is 4.39 Å². The Morgan fingerprint density at radius 3 is 2.39 bits per heavy atom. The highest BCUT2D eigenvalue weighted by Crippen LogP contribution is 2.46. The van der Waals surface area contributed by atoms with E-state index in [2.05, 4.69) is 16.5 Å². The zero-order valence-corrected chi connectivity index (χ0v) is 21.7. The molecular weight excluding hydrogens is 563 g/mol. The largest absolute Gasteiger partial charge is 0.435 e. The Morgan fingerprint density at radius 2 is 1.87 bits per heavy atom. The first-order valence-electron chi connectivity index (χ1n) is 11.2. The number of carbonyl (C=O) groups is 1. The minimum atomic E-state index is -5.40. The normalized spacial score (nSPS) is 19.8. The molecule has 1 aliphatic carbocycles. The second kappa shape index (κ2) is 10.7. The predicted octanol–water partition coefficient (Wildman–Crippen LogP) is 7.51.